The molecule has 3 amide bonds. The lowest BCUT2D eigenvalue weighted by atomic mass is 9.75. The number of ether oxygens (including phenoxy) is 2. The first-order valence-corrected chi connectivity index (χ1v) is 12.7. The summed E-state index contributed by atoms with van der Waals surface area (Å²) in [5.74, 6) is 1.35. The third kappa shape index (κ3) is 4.10. The number of amides is 3. The average molecular weight is 470 g/mol. The van der Waals surface area contributed by atoms with Crippen LogP contribution >= 0.6 is 11.3 Å². The van der Waals surface area contributed by atoms with Crippen molar-refractivity contribution in [2.75, 3.05) is 26.2 Å². The molecule has 0 radical (unpaired) electrons. The number of rotatable bonds is 6. The van der Waals surface area contributed by atoms with Gasteiger partial charge in [0.05, 0.1) is 6.54 Å². The van der Waals surface area contributed by atoms with Crippen LogP contribution in [0.15, 0.2) is 35.7 Å². The van der Waals surface area contributed by atoms with E-state index in [4.69, 9.17) is 9.47 Å². The van der Waals surface area contributed by atoms with E-state index < -0.39 is 5.54 Å². The number of fused-ring (bicyclic) bond motifs is 1. The first kappa shape index (κ1) is 22.2. The van der Waals surface area contributed by atoms with Gasteiger partial charge in [0.2, 0.25) is 0 Å². The minimum Gasteiger partial charge on any atom is -0.486 e. The number of piperidine rings is 1. The molecule has 0 saturated carbocycles. The maximum absolute atomic E-state index is 13.6. The molecule has 0 bridgehead atoms. The first-order chi connectivity index (χ1) is 16.0. The van der Waals surface area contributed by atoms with Gasteiger partial charge in [-0.1, -0.05) is 19.1 Å². The van der Waals surface area contributed by atoms with Gasteiger partial charge in [0.15, 0.2) is 17.6 Å². The molecular formula is C25H31N3O4S. The van der Waals surface area contributed by atoms with Gasteiger partial charge >= 0.3 is 6.03 Å². The third-order valence-electron chi connectivity index (χ3n) is 7.33. The van der Waals surface area contributed by atoms with Crippen molar-refractivity contribution in [2.45, 2.75) is 51.3 Å². The normalized spacial score (nSPS) is 26.0. The number of thiophene rings is 1. The Labute approximate surface area is 198 Å². The molecule has 0 spiro atoms. The van der Waals surface area contributed by atoms with Gasteiger partial charge in [0.1, 0.15) is 12.1 Å². The molecule has 1 N–H and O–H groups in total. The van der Waals surface area contributed by atoms with Gasteiger partial charge in [-0.3, -0.25) is 14.6 Å². The minimum atomic E-state index is -0.824. The van der Waals surface area contributed by atoms with Crippen LogP contribution in [-0.4, -0.2) is 59.6 Å². The molecule has 5 rings (SSSR count). The Balaban J connectivity index is 1.23. The Kier molecular flexibility index (Phi) is 6.05. The van der Waals surface area contributed by atoms with Gasteiger partial charge in [-0.2, -0.15) is 0 Å². The van der Waals surface area contributed by atoms with Crippen LogP contribution in [0.1, 0.15) is 36.6 Å². The number of nitrogens with one attached hydrogen (secondary N) is 1. The van der Waals surface area contributed by atoms with Crippen molar-refractivity contribution in [3.8, 4) is 11.5 Å². The summed E-state index contributed by atoms with van der Waals surface area (Å²) in [6.45, 7) is 7.49. The Hall–Kier alpha value is -2.58. The predicted octanol–water partition coefficient (Wildman–Crippen LogP) is 3.81. The van der Waals surface area contributed by atoms with E-state index in [0.717, 1.165) is 32.5 Å². The summed E-state index contributed by atoms with van der Waals surface area (Å²) in [6.07, 6.45) is 2.01. The van der Waals surface area contributed by atoms with Crippen LogP contribution in [0.2, 0.25) is 0 Å². The number of aryl methyl sites for hydroxylation is 1. The maximum atomic E-state index is 13.6. The summed E-state index contributed by atoms with van der Waals surface area (Å²) in [5, 5.41) is 5.23. The monoisotopic (exact) mass is 469 g/mol. The summed E-state index contributed by atoms with van der Waals surface area (Å²) in [4.78, 5) is 31.7. The Morgan fingerprint density at radius 1 is 1.15 bits per heavy atom. The van der Waals surface area contributed by atoms with E-state index in [1.165, 1.54) is 15.3 Å². The topological polar surface area (TPSA) is 71.1 Å². The molecule has 7 nitrogen and oxygen atoms in total. The minimum absolute atomic E-state index is 0.120. The van der Waals surface area contributed by atoms with Gasteiger partial charge in [0, 0.05) is 11.4 Å². The molecule has 33 heavy (non-hydrogen) atoms. The average Bonchev–Trinajstić information content (AvgIpc) is 3.35. The lowest BCUT2D eigenvalue weighted by Crippen LogP contribution is -2.56. The highest BCUT2D eigenvalue weighted by Gasteiger charge is 2.55. The van der Waals surface area contributed by atoms with Gasteiger partial charge in [-0.25, -0.2) is 4.79 Å². The molecule has 3 aliphatic heterocycles. The largest absolute Gasteiger partial charge is 0.486 e. The van der Waals surface area contributed by atoms with Crippen molar-refractivity contribution in [1.29, 1.82) is 0 Å². The summed E-state index contributed by atoms with van der Waals surface area (Å²) in [7, 11) is 0. The van der Waals surface area contributed by atoms with Crippen LogP contribution in [-0.2, 0) is 11.3 Å². The number of urea groups is 1. The van der Waals surface area contributed by atoms with E-state index in [0.29, 0.717) is 24.5 Å². The molecule has 176 valence electrons. The van der Waals surface area contributed by atoms with Crippen molar-refractivity contribution >= 4 is 23.3 Å². The quantitative estimate of drug-likeness (QED) is 0.652. The van der Waals surface area contributed by atoms with Crippen LogP contribution in [0.5, 0.6) is 11.5 Å². The fourth-order valence-electron chi connectivity index (χ4n) is 5.33. The maximum Gasteiger partial charge on any atom is 0.325 e. The van der Waals surface area contributed by atoms with E-state index in [-0.39, 0.29) is 30.5 Å². The Morgan fingerprint density at radius 3 is 2.61 bits per heavy atom. The molecule has 3 aliphatic rings. The number of carbonyl (C=O) groups excluding carboxylic acids is 2. The molecule has 2 saturated heterocycles. The summed E-state index contributed by atoms with van der Waals surface area (Å²) in [6, 6.07) is 9.32. The fourth-order valence-corrected chi connectivity index (χ4v) is 6.27. The predicted molar refractivity (Wildman–Crippen MR) is 127 cm³/mol. The van der Waals surface area contributed by atoms with E-state index in [1.54, 1.807) is 11.3 Å². The van der Waals surface area contributed by atoms with E-state index in [2.05, 4.69) is 28.6 Å². The third-order valence-corrected chi connectivity index (χ3v) is 8.34. The zero-order chi connectivity index (χ0) is 23.0. The van der Waals surface area contributed by atoms with Gasteiger partial charge in [0.25, 0.3) is 5.91 Å². The smallest absolute Gasteiger partial charge is 0.325 e. The van der Waals surface area contributed by atoms with Gasteiger partial charge in [-0.05, 0) is 74.3 Å². The lowest BCUT2D eigenvalue weighted by molar-refractivity contribution is -0.135. The number of benzene rings is 1. The Bertz CT molecular complexity index is 1030. The molecule has 0 aliphatic carbocycles. The molecule has 2 fully saturated rings. The van der Waals surface area contributed by atoms with Crippen LogP contribution in [0.25, 0.3) is 0 Å². The number of imide groups is 1. The molecule has 1 aromatic heterocycles. The van der Waals surface area contributed by atoms with E-state index in [1.807, 2.05) is 31.2 Å². The van der Waals surface area contributed by atoms with Crippen molar-refractivity contribution < 1.29 is 19.1 Å². The van der Waals surface area contributed by atoms with Crippen LogP contribution in [0.3, 0.4) is 0 Å². The molecule has 8 heteroatoms. The van der Waals surface area contributed by atoms with Crippen molar-refractivity contribution in [3.63, 3.8) is 0 Å². The highest BCUT2D eigenvalue weighted by atomic mass is 32.1. The number of likely N-dealkylation sites (tertiary alicyclic amines) is 1. The van der Waals surface area contributed by atoms with Gasteiger partial charge < -0.3 is 14.8 Å². The molecule has 2 atom stereocenters. The second kappa shape index (κ2) is 8.99. The molecule has 4 heterocycles. The van der Waals surface area contributed by atoms with Gasteiger partial charge in [-0.15, -0.1) is 11.3 Å². The molecule has 2 unspecified atom stereocenters. The van der Waals surface area contributed by atoms with Crippen LogP contribution in [0, 0.1) is 12.8 Å². The summed E-state index contributed by atoms with van der Waals surface area (Å²) < 4.78 is 11.8. The number of nitrogens with zero attached hydrogens (tertiary/aromatic N) is 2. The Morgan fingerprint density at radius 2 is 1.91 bits per heavy atom. The fraction of sp³-hybridized carbons (Fsp3) is 0.520. The SMILES string of the molecule is CCC1(C2CCN(Cc3sccc3C)CC2)NC(=O)N(CC2COc3ccccc3O2)C1=O. The summed E-state index contributed by atoms with van der Waals surface area (Å²) >= 11 is 1.80. The summed E-state index contributed by atoms with van der Waals surface area (Å²) in [5.41, 5.74) is 0.521. The molecular weight excluding hydrogens is 438 g/mol. The standard InChI is InChI=1S/C25H31N3O4S/c1-3-25(18-8-11-27(12-9-18)15-22-17(2)10-13-33-22)23(29)28(24(30)26-25)14-19-16-31-20-6-4-5-7-21(20)32-19/h4-7,10,13,18-19H,3,8-9,11-12,14-16H2,1-2H3,(H,26,30). The zero-order valence-electron chi connectivity index (χ0n) is 19.2. The zero-order valence-corrected chi connectivity index (χ0v) is 20.0. The highest BCUT2D eigenvalue weighted by Crippen LogP contribution is 2.37. The van der Waals surface area contributed by atoms with Crippen LogP contribution in [0.4, 0.5) is 4.79 Å². The number of hydrogen-bond acceptors (Lipinski definition) is 6. The number of carbonyl (C=O) groups is 2. The lowest BCUT2D eigenvalue weighted by Gasteiger charge is -2.40. The first-order valence-electron chi connectivity index (χ1n) is 11.8. The molecule has 2 aromatic rings. The highest BCUT2D eigenvalue weighted by molar-refractivity contribution is 7.10. The second-order valence-corrected chi connectivity index (χ2v) is 10.2. The van der Waals surface area contributed by atoms with Crippen LogP contribution < -0.4 is 14.8 Å². The number of para-hydroxylation sites is 2. The van der Waals surface area contributed by atoms with E-state index in [9.17, 15) is 9.59 Å². The number of hydrogen-bond donors (Lipinski definition) is 1. The van der Waals surface area contributed by atoms with Crippen molar-refractivity contribution in [2.24, 2.45) is 5.92 Å². The van der Waals surface area contributed by atoms with Crippen molar-refractivity contribution in [1.82, 2.24) is 15.1 Å². The van der Waals surface area contributed by atoms with Crippen molar-refractivity contribution in [3.05, 3.63) is 46.2 Å². The van der Waals surface area contributed by atoms with E-state index >= 15 is 0 Å². The second-order valence-electron chi connectivity index (χ2n) is 9.25. The molecule has 1 aromatic carbocycles.